The van der Waals surface area contributed by atoms with Gasteiger partial charge in [0.05, 0.1) is 18.9 Å². The molecule has 1 amide bonds. The number of nitrogens with zero attached hydrogens (tertiary/aromatic N) is 3. The first-order valence-corrected chi connectivity index (χ1v) is 11.3. The van der Waals surface area contributed by atoms with E-state index in [1.165, 1.54) is 17.8 Å². The summed E-state index contributed by atoms with van der Waals surface area (Å²) in [5, 5.41) is 3.83. The van der Waals surface area contributed by atoms with E-state index in [-0.39, 0.29) is 18.3 Å². The molecule has 6 nitrogen and oxygen atoms in total. The van der Waals surface area contributed by atoms with E-state index in [1.807, 2.05) is 53.4 Å². The van der Waals surface area contributed by atoms with Gasteiger partial charge in [0.2, 0.25) is 5.91 Å². The van der Waals surface area contributed by atoms with Crippen molar-refractivity contribution in [2.45, 2.75) is 6.54 Å². The maximum Gasteiger partial charge on any atom is 0.244 e. The summed E-state index contributed by atoms with van der Waals surface area (Å²) in [5.74, 6) is -0.524. The molecule has 1 aliphatic rings. The lowest BCUT2D eigenvalue weighted by molar-refractivity contribution is -0.116. The monoisotopic (exact) mass is 456 g/mol. The molecule has 0 atom stereocenters. The summed E-state index contributed by atoms with van der Waals surface area (Å²) >= 11 is 0. The number of aliphatic imine (C=N–C) groups is 1. The summed E-state index contributed by atoms with van der Waals surface area (Å²) in [6.45, 7) is 3.45. The first-order valence-electron chi connectivity index (χ1n) is 11.3. The third kappa shape index (κ3) is 5.00. The first kappa shape index (κ1) is 21.9. The molecular formula is C27H25FN4O2. The largest absolute Gasteiger partial charge is 0.378 e. The molecule has 0 radical (unpaired) electrons. The van der Waals surface area contributed by atoms with Gasteiger partial charge in [-0.2, -0.15) is 0 Å². The second-order valence-corrected chi connectivity index (χ2v) is 8.16. The van der Waals surface area contributed by atoms with Gasteiger partial charge in [-0.15, -0.1) is 0 Å². The van der Waals surface area contributed by atoms with Crippen molar-refractivity contribution in [3.63, 3.8) is 0 Å². The minimum absolute atomic E-state index is 0.139. The number of fused-ring (bicyclic) bond motifs is 1. The second-order valence-electron chi connectivity index (χ2n) is 8.16. The molecule has 172 valence electrons. The Morgan fingerprint density at radius 1 is 1.00 bits per heavy atom. The molecule has 0 aliphatic carbocycles. The fraction of sp³-hybridized carbons (Fsp3) is 0.185. The number of nitrogens with one attached hydrogen (secondary N) is 1. The lowest BCUT2D eigenvalue weighted by Gasteiger charge is -2.28. The van der Waals surface area contributed by atoms with Gasteiger partial charge in [0.15, 0.2) is 0 Å². The Kier molecular flexibility index (Phi) is 6.35. The van der Waals surface area contributed by atoms with Gasteiger partial charge in [-0.05, 0) is 54.6 Å². The van der Waals surface area contributed by atoms with Crippen LogP contribution >= 0.6 is 0 Å². The van der Waals surface area contributed by atoms with Gasteiger partial charge in [0.1, 0.15) is 12.4 Å². The van der Waals surface area contributed by atoms with E-state index in [4.69, 9.17) is 4.74 Å². The van der Waals surface area contributed by atoms with Crippen LogP contribution in [0.25, 0.3) is 10.9 Å². The van der Waals surface area contributed by atoms with Crippen LogP contribution in [0.1, 0.15) is 5.56 Å². The quantitative estimate of drug-likeness (QED) is 0.415. The molecule has 5 rings (SSSR count). The Balaban J connectivity index is 1.32. The highest BCUT2D eigenvalue weighted by Crippen LogP contribution is 2.23. The Morgan fingerprint density at radius 2 is 1.74 bits per heavy atom. The van der Waals surface area contributed by atoms with Gasteiger partial charge in [-0.1, -0.05) is 18.2 Å². The molecule has 3 aromatic carbocycles. The maximum atomic E-state index is 13.1. The van der Waals surface area contributed by atoms with Crippen LogP contribution < -0.4 is 10.2 Å². The molecule has 34 heavy (non-hydrogen) atoms. The van der Waals surface area contributed by atoms with Crippen LogP contribution in [0.4, 0.5) is 21.5 Å². The average Bonchev–Trinajstić information content (AvgIpc) is 3.22. The molecule has 1 aliphatic heterocycles. The normalized spacial score (nSPS) is 14.1. The third-order valence-electron chi connectivity index (χ3n) is 5.84. The highest BCUT2D eigenvalue weighted by atomic mass is 19.1. The zero-order valence-corrected chi connectivity index (χ0v) is 18.7. The molecule has 0 saturated carbocycles. The van der Waals surface area contributed by atoms with Crippen molar-refractivity contribution in [1.82, 2.24) is 4.57 Å². The zero-order chi connectivity index (χ0) is 23.3. The fourth-order valence-corrected chi connectivity index (χ4v) is 4.11. The summed E-state index contributed by atoms with van der Waals surface area (Å²) in [6, 6.07) is 21.8. The third-order valence-corrected chi connectivity index (χ3v) is 5.84. The minimum Gasteiger partial charge on any atom is -0.378 e. The number of morpholine rings is 1. The first-order chi connectivity index (χ1) is 16.7. The van der Waals surface area contributed by atoms with Crippen molar-refractivity contribution >= 4 is 40.1 Å². The number of hydrogen-bond donors (Lipinski definition) is 1. The van der Waals surface area contributed by atoms with E-state index in [0.717, 1.165) is 48.5 Å². The van der Waals surface area contributed by atoms with Gasteiger partial charge >= 0.3 is 0 Å². The van der Waals surface area contributed by atoms with Crippen LogP contribution in [0.15, 0.2) is 84.0 Å². The highest BCUT2D eigenvalue weighted by Gasteiger charge is 2.12. The standard InChI is InChI=1S/C27H25FN4O2/c28-21-5-7-23(8-6-21)30-27(33)19-32-18-20(25-3-1-2-4-26(25)32)17-29-22-9-11-24(12-10-22)31-13-15-34-16-14-31/h1-12,17-18H,13-16,19H2,(H,30,33). The number of carbonyl (C=O) groups excluding carboxylic acids is 1. The van der Waals surface area contributed by atoms with Gasteiger partial charge in [0, 0.05) is 53.3 Å². The lowest BCUT2D eigenvalue weighted by Crippen LogP contribution is -2.36. The SMILES string of the molecule is O=C(Cn1cc(C=Nc2ccc(N3CCOCC3)cc2)c2ccccc21)Nc1ccc(F)cc1. The summed E-state index contributed by atoms with van der Waals surface area (Å²) in [7, 11) is 0. The van der Waals surface area contributed by atoms with Crippen molar-refractivity contribution in [1.29, 1.82) is 0 Å². The smallest absolute Gasteiger partial charge is 0.244 e. The van der Waals surface area contributed by atoms with Crippen molar-refractivity contribution in [2.75, 3.05) is 36.5 Å². The van der Waals surface area contributed by atoms with E-state index in [1.54, 1.807) is 12.1 Å². The summed E-state index contributed by atoms with van der Waals surface area (Å²) < 4.78 is 20.4. The molecule has 0 bridgehead atoms. The molecule has 1 fully saturated rings. The van der Waals surface area contributed by atoms with Gasteiger partial charge in [-0.25, -0.2) is 4.39 Å². The van der Waals surface area contributed by atoms with Gasteiger partial charge in [-0.3, -0.25) is 9.79 Å². The van der Waals surface area contributed by atoms with Crippen molar-refractivity contribution < 1.29 is 13.9 Å². The van der Waals surface area contributed by atoms with Crippen molar-refractivity contribution in [2.24, 2.45) is 4.99 Å². The minimum atomic E-state index is -0.339. The van der Waals surface area contributed by atoms with E-state index >= 15 is 0 Å². The summed E-state index contributed by atoms with van der Waals surface area (Å²) in [5.41, 5.74) is 4.47. The Hall–Kier alpha value is -3.97. The topological polar surface area (TPSA) is 58.9 Å². The average molecular weight is 457 g/mol. The highest BCUT2D eigenvalue weighted by molar-refractivity contribution is 6.01. The Labute approximate surface area is 197 Å². The van der Waals surface area contributed by atoms with Crippen molar-refractivity contribution in [3.8, 4) is 0 Å². The molecule has 7 heteroatoms. The number of para-hydroxylation sites is 1. The molecular weight excluding hydrogens is 431 g/mol. The summed E-state index contributed by atoms with van der Waals surface area (Å²) in [6.07, 6.45) is 3.76. The number of anilines is 2. The zero-order valence-electron chi connectivity index (χ0n) is 18.7. The fourth-order valence-electron chi connectivity index (χ4n) is 4.11. The predicted octanol–water partition coefficient (Wildman–Crippen LogP) is 5.01. The van der Waals surface area contributed by atoms with Crippen LogP contribution in [-0.2, 0) is 16.1 Å². The molecule has 1 saturated heterocycles. The van der Waals surface area contributed by atoms with E-state index in [9.17, 15) is 9.18 Å². The van der Waals surface area contributed by atoms with Crippen LogP contribution in [0.5, 0.6) is 0 Å². The molecule has 2 heterocycles. The summed E-state index contributed by atoms with van der Waals surface area (Å²) in [4.78, 5) is 19.6. The number of aromatic nitrogens is 1. The van der Waals surface area contributed by atoms with E-state index < -0.39 is 0 Å². The molecule has 0 unspecified atom stereocenters. The number of rotatable bonds is 6. The number of amides is 1. The Morgan fingerprint density at radius 3 is 2.50 bits per heavy atom. The van der Waals surface area contributed by atoms with Crippen LogP contribution in [0.2, 0.25) is 0 Å². The van der Waals surface area contributed by atoms with Crippen LogP contribution in [-0.4, -0.2) is 43.0 Å². The lowest BCUT2D eigenvalue weighted by atomic mass is 10.2. The van der Waals surface area contributed by atoms with Crippen LogP contribution in [0.3, 0.4) is 0 Å². The molecule has 1 aromatic heterocycles. The number of benzene rings is 3. The van der Waals surface area contributed by atoms with Gasteiger partial charge in [0.25, 0.3) is 0 Å². The number of hydrogen-bond acceptors (Lipinski definition) is 4. The second kappa shape index (κ2) is 9.89. The molecule has 0 spiro atoms. The molecule has 4 aromatic rings. The number of halogens is 1. The molecule has 1 N–H and O–H groups in total. The van der Waals surface area contributed by atoms with Crippen molar-refractivity contribution in [3.05, 3.63) is 90.4 Å². The van der Waals surface area contributed by atoms with Crippen LogP contribution in [0, 0.1) is 5.82 Å². The number of carbonyl (C=O) groups is 1. The van der Waals surface area contributed by atoms with E-state index in [2.05, 4.69) is 27.3 Å². The number of ether oxygens (including phenoxy) is 1. The van der Waals surface area contributed by atoms with E-state index in [0.29, 0.717) is 5.69 Å². The van der Waals surface area contributed by atoms with Gasteiger partial charge < -0.3 is 19.5 Å². The Bertz CT molecular complexity index is 1310. The predicted molar refractivity (Wildman–Crippen MR) is 134 cm³/mol. The maximum absolute atomic E-state index is 13.1.